The standard InChI is InChI=1S/C8H8N2O2S/c1-13(11,12)8-9-6-7-4-2-3-5-10(7)8/h2-6H,1H3. The van der Waals surface area contributed by atoms with E-state index in [4.69, 9.17) is 0 Å². The molecule has 2 heterocycles. The molecule has 0 aliphatic rings. The largest absolute Gasteiger partial charge is 0.291 e. The van der Waals surface area contributed by atoms with E-state index in [1.165, 1.54) is 6.20 Å². The van der Waals surface area contributed by atoms with Crippen molar-refractivity contribution in [1.82, 2.24) is 9.38 Å². The van der Waals surface area contributed by atoms with E-state index in [1.807, 2.05) is 12.1 Å². The fraction of sp³-hybridized carbons (Fsp3) is 0.125. The second-order valence-corrected chi connectivity index (χ2v) is 4.72. The van der Waals surface area contributed by atoms with Crippen molar-refractivity contribution < 1.29 is 8.42 Å². The fourth-order valence-corrected chi connectivity index (χ4v) is 1.96. The molecule has 0 atom stereocenters. The van der Waals surface area contributed by atoms with Crippen LogP contribution in [0.5, 0.6) is 0 Å². The molecule has 0 unspecified atom stereocenters. The summed E-state index contributed by atoms with van der Waals surface area (Å²) in [4.78, 5) is 3.84. The summed E-state index contributed by atoms with van der Waals surface area (Å²) in [5, 5.41) is 0.0862. The van der Waals surface area contributed by atoms with Crippen molar-refractivity contribution in [1.29, 1.82) is 0 Å². The Kier molecular flexibility index (Phi) is 1.63. The first-order valence-electron chi connectivity index (χ1n) is 3.71. The van der Waals surface area contributed by atoms with Gasteiger partial charge in [0.1, 0.15) is 0 Å². The molecule has 0 aliphatic carbocycles. The van der Waals surface area contributed by atoms with E-state index in [-0.39, 0.29) is 5.16 Å². The van der Waals surface area contributed by atoms with Gasteiger partial charge in [0, 0.05) is 12.5 Å². The molecule has 0 N–H and O–H groups in total. The SMILES string of the molecule is CS(=O)(=O)c1ncc2ccccn12. The van der Waals surface area contributed by atoms with Gasteiger partial charge in [0.15, 0.2) is 0 Å². The average Bonchev–Trinajstić information content (AvgIpc) is 2.45. The van der Waals surface area contributed by atoms with E-state index >= 15 is 0 Å². The predicted octanol–water partition coefficient (Wildman–Crippen LogP) is 0.738. The van der Waals surface area contributed by atoms with Gasteiger partial charge in [-0.3, -0.25) is 4.40 Å². The van der Waals surface area contributed by atoms with E-state index in [2.05, 4.69) is 4.98 Å². The summed E-state index contributed by atoms with van der Waals surface area (Å²) in [7, 11) is -3.23. The van der Waals surface area contributed by atoms with Crippen molar-refractivity contribution >= 4 is 15.4 Å². The van der Waals surface area contributed by atoms with Crippen LogP contribution < -0.4 is 0 Å². The Labute approximate surface area is 75.8 Å². The highest BCUT2D eigenvalue weighted by Gasteiger charge is 2.13. The molecule has 2 rings (SSSR count). The molecular formula is C8H8N2O2S. The van der Waals surface area contributed by atoms with E-state index in [0.29, 0.717) is 0 Å². The van der Waals surface area contributed by atoms with Crippen molar-refractivity contribution in [3.63, 3.8) is 0 Å². The summed E-state index contributed by atoms with van der Waals surface area (Å²) >= 11 is 0. The molecule has 5 heteroatoms. The lowest BCUT2D eigenvalue weighted by atomic mass is 10.4. The number of imidazole rings is 1. The molecule has 0 aliphatic heterocycles. The average molecular weight is 196 g/mol. The van der Waals surface area contributed by atoms with Gasteiger partial charge in [-0.05, 0) is 12.1 Å². The zero-order valence-electron chi connectivity index (χ0n) is 7.01. The minimum absolute atomic E-state index is 0.0862. The molecule has 13 heavy (non-hydrogen) atoms. The van der Waals surface area contributed by atoms with Gasteiger partial charge in [-0.1, -0.05) is 6.07 Å². The van der Waals surface area contributed by atoms with E-state index in [9.17, 15) is 8.42 Å². The monoisotopic (exact) mass is 196 g/mol. The highest BCUT2D eigenvalue weighted by atomic mass is 32.2. The number of hydrogen-bond donors (Lipinski definition) is 0. The van der Waals surface area contributed by atoms with Crippen molar-refractivity contribution in [2.24, 2.45) is 0 Å². The Morgan fingerprint density at radius 3 is 2.85 bits per heavy atom. The van der Waals surface area contributed by atoms with Crippen LogP contribution in [0.2, 0.25) is 0 Å². The summed E-state index contributed by atoms with van der Waals surface area (Å²) in [5.74, 6) is 0. The molecule has 4 nitrogen and oxygen atoms in total. The third kappa shape index (κ3) is 1.31. The van der Waals surface area contributed by atoms with Crippen LogP contribution in [0.25, 0.3) is 5.52 Å². The van der Waals surface area contributed by atoms with Crippen LogP contribution in [0, 0.1) is 0 Å². The fourth-order valence-electron chi connectivity index (χ4n) is 1.19. The van der Waals surface area contributed by atoms with Gasteiger partial charge in [-0.15, -0.1) is 0 Å². The van der Waals surface area contributed by atoms with E-state index in [0.717, 1.165) is 11.8 Å². The number of fused-ring (bicyclic) bond motifs is 1. The van der Waals surface area contributed by atoms with Gasteiger partial charge in [-0.2, -0.15) is 0 Å². The first kappa shape index (κ1) is 8.25. The van der Waals surface area contributed by atoms with E-state index in [1.54, 1.807) is 16.7 Å². The maximum absolute atomic E-state index is 11.2. The van der Waals surface area contributed by atoms with Crippen LogP contribution in [-0.2, 0) is 9.84 Å². The maximum Gasteiger partial charge on any atom is 0.231 e. The molecule has 0 aromatic carbocycles. The van der Waals surface area contributed by atoms with Crippen molar-refractivity contribution in [2.75, 3.05) is 6.26 Å². The summed E-state index contributed by atoms with van der Waals surface area (Å²) in [6, 6.07) is 5.41. The minimum atomic E-state index is -3.23. The van der Waals surface area contributed by atoms with Gasteiger partial charge in [0.05, 0.1) is 11.7 Å². The van der Waals surface area contributed by atoms with Crippen LogP contribution in [0.4, 0.5) is 0 Å². The normalized spacial score (nSPS) is 12.1. The van der Waals surface area contributed by atoms with Crippen LogP contribution in [0.15, 0.2) is 35.7 Å². The van der Waals surface area contributed by atoms with E-state index < -0.39 is 9.84 Å². The van der Waals surface area contributed by atoms with Crippen LogP contribution in [0.3, 0.4) is 0 Å². The van der Waals surface area contributed by atoms with Gasteiger partial charge < -0.3 is 0 Å². The number of sulfone groups is 1. The zero-order chi connectivity index (χ0) is 9.47. The maximum atomic E-state index is 11.2. The summed E-state index contributed by atoms with van der Waals surface area (Å²) in [6.45, 7) is 0. The molecule has 0 amide bonds. The quantitative estimate of drug-likeness (QED) is 0.676. The van der Waals surface area contributed by atoms with Gasteiger partial charge in [-0.25, -0.2) is 13.4 Å². The third-order valence-electron chi connectivity index (χ3n) is 1.74. The van der Waals surface area contributed by atoms with Gasteiger partial charge in [0.25, 0.3) is 0 Å². The molecule has 0 spiro atoms. The molecule has 0 bridgehead atoms. The number of nitrogens with zero attached hydrogens (tertiary/aromatic N) is 2. The second-order valence-electron chi connectivity index (χ2n) is 2.81. The van der Waals surface area contributed by atoms with Crippen molar-refractivity contribution in [3.8, 4) is 0 Å². The number of hydrogen-bond acceptors (Lipinski definition) is 3. The molecule has 2 aromatic heterocycles. The second kappa shape index (κ2) is 2.56. The number of aromatic nitrogens is 2. The number of pyridine rings is 1. The van der Waals surface area contributed by atoms with Gasteiger partial charge in [0.2, 0.25) is 15.0 Å². The Hall–Kier alpha value is -1.36. The highest BCUT2D eigenvalue weighted by molar-refractivity contribution is 7.90. The number of rotatable bonds is 1. The highest BCUT2D eigenvalue weighted by Crippen LogP contribution is 2.10. The first-order chi connectivity index (χ1) is 6.09. The zero-order valence-corrected chi connectivity index (χ0v) is 7.82. The Morgan fingerprint density at radius 2 is 2.15 bits per heavy atom. The Bertz CT molecular complexity index is 542. The molecular weight excluding hydrogens is 188 g/mol. The third-order valence-corrected chi connectivity index (χ3v) is 2.70. The molecule has 0 fully saturated rings. The smallest absolute Gasteiger partial charge is 0.231 e. The van der Waals surface area contributed by atoms with Gasteiger partial charge >= 0.3 is 0 Å². The summed E-state index contributed by atoms with van der Waals surface area (Å²) < 4.78 is 24.0. The molecule has 0 saturated heterocycles. The summed E-state index contributed by atoms with van der Waals surface area (Å²) in [6.07, 6.45) is 4.36. The topological polar surface area (TPSA) is 51.4 Å². The van der Waals surface area contributed by atoms with Crippen LogP contribution in [-0.4, -0.2) is 24.1 Å². The predicted molar refractivity (Wildman–Crippen MR) is 48.3 cm³/mol. The lowest BCUT2D eigenvalue weighted by Gasteiger charge is -1.96. The Balaban J connectivity index is 2.87. The lowest BCUT2D eigenvalue weighted by molar-refractivity contribution is 0.592. The van der Waals surface area contributed by atoms with Crippen molar-refractivity contribution in [2.45, 2.75) is 5.16 Å². The first-order valence-corrected chi connectivity index (χ1v) is 5.60. The van der Waals surface area contributed by atoms with Crippen molar-refractivity contribution in [3.05, 3.63) is 30.6 Å². The molecule has 0 radical (unpaired) electrons. The Morgan fingerprint density at radius 1 is 1.38 bits per heavy atom. The van der Waals surface area contributed by atoms with Crippen LogP contribution in [0.1, 0.15) is 0 Å². The summed E-state index contributed by atoms with van der Waals surface area (Å²) in [5.41, 5.74) is 0.780. The molecule has 68 valence electrons. The lowest BCUT2D eigenvalue weighted by Crippen LogP contribution is -2.02. The molecule has 2 aromatic rings. The van der Waals surface area contributed by atoms with Crippen LogP contribution >= 0.6 is 0 Å². The molecule has 0 saturated carbocycles. The minimum Gasteiger partial charge on any atom is -0.291 e.